The van der Waals surface area contributed by atoms with Gasteiger partial charge in [-0.1, -0.05) is 18.2 Å². The summed E-state index contributed by atoms with van der Waals surface area (Å²) in [5.74, 6) is -2.46. The van der Waals surface area contributed by atoms with Crippen LogP contribution in [0.15, 0.2) is 42.5 Å². The van der Waals surface area contributed by atoms with E-state index in [4.69, 9.17) is 9.47 Å². The molecule has 7 nitrogen and oxygen atoms in total. The van der Waals surface area contributed by atoms with E-state index in [2.05, 4.69) is 10.1 Å². The maximum Gasteiger partial charge on any atom is 0.339 e. The van der Waals surface area contributed by atoms with Gasteiger partial charge in [0.05, 0.1) is 31.9 Å². The Labute approximate surface area is 155 Å². The molecule has 0 radical (unpaired) electrons. The molecule has 0 spiro atoms. The topological polar surface area (TPSA) is 90.9 Å². The number of nitrogens with one attached hydrogen (secondary N) is 1. The minimum absolute atomic E-state index is 0.0655. The predicted octanol–water partition coefficient (Wildman–Crippen LogP) is 2.35. The maximum absolute atomic E-state index is 13.6. The zero-order chi connectivity index (χ0) is 19.8. The Morgan fingerprint density at radius 1 is 1.07 bits per heavy atom. The minimum atomic E-state index is -0.698. The summed E-state index contributed by atoms with van der Waals surface area (Å²) in [6.45, 7) is -0.549. The van der Waals surface area contributed by atoms with Crippen LogP contribution in [0.5, 0.6) is 5.75 Å². The molecule has 0 aliphatic rings. The number of methoxy groups -OCH3 is 2. The molecule has 8 heteroatoms. The fourth-order valence-electron chi connectivity index (χ4n) is 2.25. The van der Waals surface area contributed by atoms with Gasteiger partial charge < -0.3 is 19.5 Å². The molecule has 1 amide bonds. The first-order valence-electron chi connectivity index (χ1n) is 7.89. The molecule has 0 unspecified atom stereocenters. The number of anilines is 1. The third-order valence-electron chi connectivity index (χ3n) is 3.54. The van der Waals surface area contributed by atoms with Crippen molar-refractivity contribution in [2.24, 2.45) is 0 Å². The maximum atomic E-state index is 13.6. The van der Waals surface area contributed by atoms with Gasteiger partial charge in [0, 0.05) is 0 Å². The Morgan fingerprint density at radius 2 is 1.81 bits per heavy atom. The fraction of sp³-hybridized carbons (Fsp3) is 0.211. The van der Waals surface area contributed by atoms with Crippen molar-refractivity contribution in [3.63, 3.8) is 0 Å². The van der Waals surface area contributed by atoms with Gasteiger partial charge >= 0.3 is 11.9 Å². The SMILES string of the molecule is COC(=O)c1ccccc1NC(=O)COC(=O)Cc1ccc(OC)c(F)c1. The Morgan fingerprint density at radius 3 is 2.48 bits per heavy atom. The second kappa shape index (κ2) is 9.33. The van der Waals surface area contributed by atoms with Gasteiger partial charge in [0.2, 0.25) is 0 Å². The number of rotatable bonds is 7. The predicted molar refractivity (Wildman–Crippen MR) is 94.0 cm³/mol. The van der Waals surface area contributed by atoms with Crippen molar-refractivity contribution in [2.75, 3.05) is 26.1 Å². The highest BCUT2D eigenvalue weighted by Gasteiger charge is 2.15. The van der Waals surface area contributed by atoms with Crippen molar-refractivity contribution in [2.45, 2.75) is 6.42 Å². The third-order valence-corrected chi connectivity index (χ3v) is 3.54. The van der Waals surface area contributed by atoms with Gasteiger partial charge in [0.25, 0.3) is 5.91 Å². The summed E-state index contributed by atoms with van der Waals surface area (Å²) < 4.78 is 27.9. The van der Waals surface area contributed by atoms with Crippen molar-refractivity contribution >= 4 is 23.5 Å². The van der Waals surface area contributed by atoms with Gasteiger partial charge in [0.15, 0.2) is 18.2 Å². The van der Waals surface area contributed by atoms with Crippen molar-refractivity contribution < 1.29 is 33.0 Å². The number of para-hydroxylation sites is 1. The minimum Gasteiger partial charge on any atom is -0.494 e. The number of benzene rings is 2. The lowest BCUT2D eigenvalue weighted by Gasteiger charge is -2.10. The highest BCUT2D eigenvalue weighted by molar-refractivity contribution is 6.01. The summed E-state index contributed by atoms with van der Waals surface area (Å²) in [7, 11) is 2.56. The quantitative estimate of drug-likeness (QED) is 0.747. The third kappa shape index (κ3) is 5.53. The molecule has 1 N–H and O–H groups in total. The Kier molecular flexibility index (Phi) is 6.87. The number of esters is 2. The molecule has 142 valence electrons. The fourth-order valence-corrected chi connectivity index (χ4v) is 2.25. The highest BCUT2D eigenvalue weighted by Crippen LogP contribution is 2.18. The van der Waals surface area contributed by atoms with E-state index in [1.807, 2.05) is 0 Å². The van der Waals surface area contributed by atoms with Crippen LogP contribution in [0, 0.1) is 5.82 Å². The summed E-state index contributed by atoms with van der Waals surface area (Å²) in [5.41, 5.74) is 0.797. The Hall–Kier alpha value is -3.42. The van der Waals surface area contributed by atoms with Gasteiger partial charge in [-0.3, -0.25) is 9.59 Å². The lowest BCUT2D eigenvalue weighted by atomic mass is 10.1. The van der Waals surface area contributed by atoms with Crippen molar-refractivity contribution in [1.29, 1.82) is 0 Å². The van der Waals surface area contributed by atoms with E-state index in [0.717, 1.165) is 6.07 Å². The van der Waals surface area contributed by atoms with Crippen LogP contribution in [0.3, 0.4) is 0 Å². The standard InChI is InChI=1S/C19H18FNO6/c1-25-16-8-7-12(9-14(16)20)10-18(23)27-11-17(22)21-15-6-4-3-5-13(15)19(24)26-2/h3-9H,10-11H2,1-2H3,(H,21,22). The lowest BCUT2D eigenvalue weighted by Crippen LogP contribution is -2.22. The molecule has 0 bridgehead atoms. The number of hydrogen-bond acceptors (Lipinski definition) is 6. The largest absolute Gasteiger partial charge is 0.494 e. The molecule has 0 heterocycles. The van der Waals surface area contributed by atoms with Gasteiger partial charge in [0.1, 0.15) is 0 Å². The average molecular weight is 375 g/mol. The molecule has 0 atom stereocenters. The average Bonchev–Trinajstić information content (AvgIpc) is 2.66. The highest BCUT2D eigenvalue weighted by atomic mass is 19.1. The zero-order valence-electron chi connectivity index (χ0n) is 14.8. The molecule has 0 fully saturated rings. The summed E-state index contributed by atoms with van der Waals surface area (Å²) >= 11 is 0. The molecule has 27 heavy (non-hydrogen) atoms. The van der Waals surface area contributed by atoms with Gasteiger partial charge in [-0.25, -0.2) is 9.18 Å². The number of hydrogen-bond donors (Lipinski definition) is 1. The van der Waals surface area contributed by atoms with Crippen LogP contribution in [-0.2, 0) is 25.5 Å². The van der Waals surface area contributed by atoms with Crippen LogP contribution < -0.4 is 10.1 Å². The van der Waals surface area contributed by atoms with E-state index in [9.17, 15) is 18.8 Å². The molecule has 0 aromatic heterocycles. The second-order valence-electron chi connectivity index (χ2n) is 5.39. The molecular weight excluding hydrogens is 357 g/mol. The smallest absolute Gasteiger partial charge is 0.339 e. The number of carbonyl (C=O) groups excluding carboxylic acids is 3. The first-order chi connectivity index (χ1) is 12.9. The molecule has 0 aliphatic carbocycles. The van der Waals surface area contributed by atoms with Crippen LogP contribution >= 0.6 is 0 Å². The lowest BCUT2D eigenvalue weighted by molar-refractivity contribution is -0.146. The van der Waals surface area contributed by atoms with Crippen LogP contribution in [0.2, 0.25) is 0 Å². The number of ether oxygens (including phenoxy) is 3. The molecule has 0 aliphatic heterocycles. The van der Waals surface area contributed by atoms with Crippen molar-refractivity contribution in [1.82, 2.24) is 0 Å². The van der Waals surface area contributed by atoms with E-state index in [1.165, 1.54) is 38.5 Å². The normalized spacial score (nSPS) is 10.0. The van der Waals surface area contributed by atoms with E-state index in [-0.39, 0.29) is 23.4 Å². The molecule has 2 aromatic carbocycles. The second-order valence-corrected chi connectivity index (χ2v) is 5.39. The van der Waals surface area contributed by atoms with E-state index >= 15 is 0 Å². The first-order valence-corrected chi connectivity index (χ1v) is 7.89. The van der Waals surface area contributed by atoms with Gasteiger partial charge in [-0.15, -0.1) is 0 Å². The monoisotopic (exact) mass is 375 g/mol. The van der Waals surface area contributed by atoms with Gasteiger partial charge in [-0.05, 0) is 29.8 Å². The molecule has 2 rings (SSSR count). The molecule has 2 aromatic rings. The summed E-state index contributed by atoms with van der Waals surface area (Å²) in [5, 5.41) is 2.48. The summed E-state index contributed by atoms with van der Waals surface area (Å²) in [6, 6.07) is 10.3. The molecule has 0 saturated heterocycles. The molecular formula is C19H18FNO6. The van der Waals surface area contributed by atoms with E-state index in [0.29, 0.717) is 5.56 Å². The Balaban J connectivity index is 1.89. The van der Waals surface area contributed by atoms with Gasteiger partial charge in [-0.2, -0.15) is 0 Å². The first kappa shape index (κ1) is 19.9. The van der Waals surface area contributed by atoms with E-state index in [1.54, 1.807) is 12.1 Å². The van der Waals surface area contributed by atoms with Crippen LogP contribution in [-0.4, -0.2) is 38.7 Å². The number of amides is 1. The van der Waals surface area contributed by atoms with Crippen molar-refractivity contribution in [3.8, 4) is 5.75 Å². The summed E-state index contributed by atoms with van der Waals surface area (Å²) in [6.07, 6.45) is -0.201. The van der Waals surface area contributed by atoms with Crippen LogP contribution in [0.1, 0.15) is 15.9 Å². The molecule has 0 saturated carbocycles. The van der Waals surface area contributed by atoms with Crippen molar-refractivity contribution in [3.05, 3.63) is 59.4 Å². The summed E-state index contributed by atoms with van der Waals surface area (Å²) in [4.78, 5) is 35.4. The number of carbonyl (C=O) groups is 3. The number of halogens is 1. The van der Waals surface area contributed by atoms with Crippen LogP contribution in [0.4, 0.5) is 10.1 Å². The zero-order valence-corrected chi connectivity index (χ0v) is 14.8. The van der Waals surface area contributed by atoms with Crippen LogP contribution in [0.25, 0.3) is 0 Å². The van der Waals surface area contributed by atoms with E-state index < -0.39 is 30.3 Å². The Bertz CT molecular complexity index is 852.